The molecular formula is C30H35Cl2N3O4S. The minimum Gasteiger partial charge on any atom is -0.352 e. The summed E-state index contributed by atoms with van der Waals surface area (Å²) in [5.74, 6) is -0.854. The molecule has 40 heavy (non-hydrogen) atoms. The predicted molar refractivity (Wildman–Crippen MR) is 162 cm³/mol. The number of rotatable bonds is 12. The van der Waals surface area contributed by atoms with Crippen molar-refractivity contribution in [1.29, 1.82) is 0 Å². The summed E-state index contributed by atoms with van der Waals surface area (Å²) in [6.45, 7) is 5.37. The number of hydrogen-bond acceptors (Lipinski definition) is 4. The van der Waals surface area contributed by atoms with Crippen LogP contribution in [0.2, 0.25) is 10.0 Å². The normalized spacial score (nSPS) is 12.8. The second-order valence-electron chi connectivity index (χ2n) is 9.90. The van der Waals surface area contributed by atoms with E-state index in [1.807, 2.05) is 75.4 Å². The summed E-state index contributed by atoms with van der Waals surface area (Å²) < 4.78 is 26.7. The maximum absolute atomic E-state index is 14.1. The Kier molecular flexibility index (Phi) is 11.0. The van der Waals surface area contributed by atoms with Crippen LogP contribution in [0.5, 0.6) is 0 Å². The van der Waals surface area contributed by atoms with Crippen LogP contribution < -0.4 is 9.62 Å². The molecule has 2 unspecified atom stereocenters. The van der Waals surface area contributed by atoms with Gasteiger partial charge >= 0.3 is 0 Å². The smallest absolute Gasteiger partial charge is 0.244 e. The molecule has 0 bridgehead atoms. The minimum atomic E-state index is -3.93. The number of benzene rings is 3. The standard InChI is InChI=1S/C30H35Cl2N3O4S/c1-5-22(3)33-30(37)28(17-23-11-7-6-8-12-23)34(19-24-13-9-10-21(2)16-24)29(36)20-35(40(4,38)39)27-15-14-25(31)18-26(27)32/h6-16,18,22,28H,5,17,19-20H2,1-4H3,(H,33,37). The number of halogens is 2. The van der Waals surface area contributed by atoms with Gasteiger partial charge in [-0.1, -0.05) is 90.3 Å². The van der Waals surface area contributed by atoms with Gasteiger partial charge in [-0.3, -0.25) is 13.9 Å². The van der Waals surface area contributed by atoms with Gasteiger partial charge < -0.3 is 10.2 Å². The Hall–Kier alpha value is -3.07. The van der Waals surface area contributed by atoms with Crippen LogP contribution in [-0.2, 0) is 32.6 Å². The number of carbonyl (C=O) groups excluding carboxylic acids is 2. The second kappa shape index (κ2) is 14.0. The number of anilines is 1. The molecule has 0 radical (unpaired) electrons. The molecule has 0 spiro atoms. The maximum atomic E-state index is 14.1. The van der Waals surface area contributed by atoms with Crippen molar-refractivity contribution >= 4 is 50.7 Å². The molecule has 3 rings (SSSR count). The van der Waals surface area contributed by atoms with E-state index in [2.05, 4.69) is 5.32 Å². The van der Waals surface area contributed by atoms with Crippen LogP contribution in [0.25, 0.3) is 0 Å². The zero-order chi connectivity index (χ0) is 29.4. The van der Waals surface area contributed by atoms with Crippen molar-refractivity contribution in [2.24, 2.45) is 0 Å². The van der Waals surface area contributed by atoms with E-state index in [9.17, 15) is 18.0 Å². The molecule has 1 N–H and O–H groups in total. The fraction of sp³-hybridized carbons (Fsp3) is 0.333. The average Bonchev–Trinajstić information content (AvgIpc) is 2.89. The highest BCUT2D eigenvalue weighted by Crippen LogP contribution is 2.30. The van der Waals surface area contributed by atoms with Gasteiger partial charge in [-0.15, -0.1) is 0 Å². The van der Waals surface area contributed by atoms with Gasteiger partial charge in [0, 0.05) is 24.0 Å². The lowest BCUT2D eigenvalue weighted by Gasteiger charge is -2.34. The lowest BCUT2D eigenvalue weighted by Crippen LogP contribution is -2.54. The molecule has 7 nitrogen and oxygen atoms in total. The Morgan fingerprint density at radius 2 is 1.62 bits per heavy atom. The summed E-state index contributed by atoms with van der Waals surface area (Å²) in [5, 5.41) is 3.43. The van der Waals surface area contributed by atoms with E-state index in [1.165, 1.54) is 23.1 Å². The van der Waals surface area contributed by atoms with E-state index in [4.69, 9.17) is 23.2 Å². The fourth-order valence-corrected chi connectivity index (χ4v) is 5.70. The Bertz CT molecular complexity index is 1430. The van der Waals surface area contributed by atoms with Crippen molar-refractivity contribution in [2.75, 3.05) is 17.1 Å². The van der Waals surface area contributed by atoms with Gasteiger partial charge in [0.15, 0.2) is 0 Å². The molecule has 214 valence electrons. The van der Waals surface area contributed by atoms with E-state index >= 15 is 0 Å². The number of aryl methyl sites for hydroxylation is 1. The lowest BCUT2D eigenvalue weighted by molar-refractivity contribution is -0.140. The summed E-state index contributed by atoms with van der Waals surface area (Å²) in [6.07, 6.45) is 1.97. The zero-order valence-corrected chi connectivity index (χ0v) is 25.4. The van der Waals surface area contributed by atoms with Crippen LogP contribution in [0.15, 0.2) is 72.8 Å². The van der Waals surface area contributed by atoms with Gasteiger partial charge in [-0.05, 0) is 49.6 Å². The highest BCUT2D eigenvalue weighted by atomic mass is 35.5. The molecule has 0 saturated carbocycles. The molecule has 2 atom stereocenters. The Morgan fingerprint density at radius 3 is 2.23 bits per heavy atom. The first-order chi connectivity index (χ1) is 18.9. The van der Waals surface area contributed by atoms with Crippen LogP contribution >= 0.6 is 23.2 Å². The van der Waals surface area contributed by atoms with Gasteiger partial charge in [-0.2, -0.15) is 0 Å². The SMILES string of the molecule is CCC(C)NC(=O)C(Cc1ccccc1)N(Cc1cccc(C)c1)C(=O)CN(c1ccc(Cl)cc1Cl)S(C)(=O)=O. The molecule has 0 aliphatic rings. The number of nitrogens with one attached hydrogen (secondary N) is 1. The van der Waals surface area contributed by atoms with Gasteiger partial charge in [0.05, 0.1) is 17.0 Å². The van der Waals surface area contributed by atoms with Crippen LogP contribution in [0.3, 0.4) is 0 Å². The lowest BCUT2D eigenvalue weighted by atomic mass is 10.0. The molecule has 3 aromatic rings. The van der Waals surface area contributed by atoms with E-state index in [1.54, 1.807) is 0 Å². The summed E-state index contributed by atoms with van der Waals surface area (Å²) >= 11 is 12.4. The third kappa shape index (κ3) is 8.71. The molecule has 0 aliphatic heterocycles. The van der Waals surface area contributed by atoms with Crippen LogP contribution in [0, 0.1) is 6.92 Å². The monoisotopic (exact) mass is 603 g/mol. The Labute approximate surface area is 247 Å². The van der Waals surface area contributed by atoms with E-state index in [-0.39, 0.29) is 35.6 Å². The largest absolute Gasteiger partial charge is 0.352 e. The van der Waals surface area contributed by atoms with E-state index < -0.39 is 28.5 Å². The summed E-state index contributed by atoms with van der Waals surface area (Å²) in [5.41, 5.74) is 2.81. The van der Waals surface area contributed by atoms with Gasteiger partial charge in [0.25, 0.3) is 0 Å². The second-order valence-corrected chi connectivity index (χ2v) is 12.6. The predicted octanol–water partition coefficient (Wildman–Crippen LogP) is 5.62. The van der Waals surface area contributed by atoms with Crippen molar-refractivity contribution in [3.8, 4) is 0 Å². The van der Waals surface area contributed by atoms with E-state index in [0.717, 1.165) is 27.3 Å². The van der Waals surface area contributed by atoms with Crippen molar-refractivity contribution in [2.45, 2.75) is 52.2 Å². The molecule has 0 aromatic heterocycles. The van der Waals surface area contributed by atoms with Crippen molar-refractivity contribution in [3.63, 3.8) is 0 Å². The summed E-state index contributed by atoms with van der Waals surface area (Å²) in [6, 6.07) is 20.5. The Balaban J connectivity index is 2.08. The topological polar surface area (TPSA) is 86.8 Å². The van der Waals surface area contributed by atoms with E-state index in [0.29, 0.717) is 11.4 Å². The highest BCUT2D eigenvalue weighted by molar-refractivity contribution is 7.92. The van der Waals surface area contributed by atoms with Crippen molar-refractivity contribution < 1.29 is 18.0 Å². The number of sulfonamides is 1. The Morgan fingerprint density at radius 1 is 0.950 bits per heavy atom. The first-order valence-corrected chi connectivity index (χ1v) is 15.6. The maximum Gasteiger partial charge on any atom is 0.244 e. The first-order valence-electron chi connectivity index (χ1n) is 13.0. The minimum absolute atomic E-state index is 0.0892. The zero-order valence-electron chi connectivity index (χ0n) is 23.1. The van der Waals surface area contributed by atoms with Gasteiger partial charge in [-0.25, -0.2) is 8.42 Å². The van der Waals surface area contributed by atoms with Gasteiger partial charge in [0.1, 0.15) is 12.6 Å². The van der Waals surface area contributed by atoms with Crippen molar-refractivity contribution in [1.82, 2.24) is 10.2 Å². The summed E-state index contributed by atoms with van der Waals surface area (Å²) in [4.78, 5) is 29.3. The van der Waals surface area contributed by atoms with Gasteiger partial charge in [0.2, 0.25) is 21.8 Å². The molecule has 0 fully saturated rings. The molecule has 0 saturated heterocycles. The number of hydrogen-bond donors (Lipinski definition) is 1. The number of amides is 2. The first kappa shape index (κ1) is 31.5. The molecular weight excluding hydrogens is 569 g/mol. The third-order valence-electron chi connectivity index (χ3n) is 6.57. The molecule has 3 aromatic carbocycles. The van der Waals surface area contributed by atoms with Crippen LogP contribution in [0.1, 0.15) is 37.0 Å². The van der Waals surface area contributed by atoms with Crippen LogP contribution in [-0.4, -0.2) is 50.0 Å². The molecule has 10 heteroatoms. The third-order valence-corrected chi connectivity index (χ3v) is 8.23. The molecule has 2 amide bonds. The average molecular weight is 605 g/mol. The molecule has 0 aliphatic carbocycles. The fourth-order valence-electron chi connectivity index (χ4n) is 4.28. The quantitative estimate of drug-likeness (QED) is 0.291. The molecule has 0 heterocycles. The van der Waals surface area contributed by atoms with Crippen LogP contribution in [0.4, 0.5) is 5.69 Å². The summed E-state index contributed by atoms with van der Waals surface area (Å²) in [7, 11) is -3.93. The highest BCUT2D eigenvalue weighted by Gasteiger charge is 2.33. The van der Waals surface area contributed by atoms with Crippen molar-refractivity contribution in [3.05, 3.63) is 99.5 Å². The number of nitrogens with zero attached hydrogens (tertiary/aromatic N) is 2. The number of carbonyl (C=O) groups is 2.